The first kappa shape index (κ1) is 14.3. The van der Waals surface area contributed by atoms with Gasteiger partial charge in [0.05, 0.1) is 6.61 Å². The van der Waals surface area contributed by atoms with Crippen molar-refractivity contribution >= 4 is 17.7 Å². The Morgan fingerprint density at radius 1 is 1.37 bits per heavy atom. The molecular weight excluding hydrogens is 265 g/mol. The molecular formula is C14H18FNO2S. The molecule has 2 rings (SSSR count). The quantitative estimate of drug-likeness (QED) is 0.781. The third-order valence-corrected chi connectivity index (χ3v) is 4.06. The van der Waals surface area contributed by atoms with Crippen LogP contribution in [-0.4, -0.2) is 40.9 Å². The molecule has 1 N–H and O–H groups in total. The largest absolute Gasteiger partial charge is 0.395 e. The zero-order valence-corrected chi connectivity index (χ0v) is 11.5. The summed E-state index contributed by atoms with van der Waals surface area (Å²) in [6.07, 6.45) is 2.56. The van der Waals surface area contributed by atoms with E-state index in [2.05, 4.69) is 0 Å². The third kappa shape index (κ3) is 4.51. The highest BCUT2D eigenvalue weighted by molar-refractivity contribution is 7.99. The predicted octanol–water partition coefficient (Wildman–Crippen LogP) is 2.29. The molecule has 3 nitrogen and oxygen atoms in total. The lowest BCUT2D eigenvalue weighted by atomic mass is 10.3. The number of halogens is 1. The fourth-order valence-corrected chi connectivity index (χ4v) is 2.78. The minimum atomic E-state index is -0.247. The zero-order chi connectivity index (χ0) is 13.7. The zero-order valence-electron chi connectivity index (χ0n) is 10.7. The normalized spacial score (nSPS) is 14.4. The lowest BCUT2D eigenvalue weighted by molar-refractivity contribution is -0.131. The molecule has 1 fully saturated rings. The van der Waals surface area contributed by atoms with Crippen LogP contribution in [0.25, 0.3) is 0 Å². The molecule has 0 bridgehead atoms. The molecule has 0 atom stereocenters. The Kier molecular flexibility index (Phi) is 5.22. The smallest absolute Gasteiger partial charge is 0.223 e. The van der Waals surface area contributed by atoms with Crippen molar-refractivity contribution in [2.24, 2.45) is 0 Å². The van der Waals surface area contributed by atoms with Crippen LogP contribution in [0.4, 0.5) is 4.39 Å². The van der Waals surface area contributed by atoms with E-state index in [-0.39, 0.29) is 18.3 Å². The van der Waals surface area contributed by atoms with Gasteiger partial charge in [0.1, 0.15) is 5.82 Å². The van der Waals surface area contributed by atoms with Gasteiger partial charge in [0.2, 0.25) is 5.91 Å². The van der Waals surface area contributed by atoms with E-state index in [1.165, 1.54) is 12.1 Å². The van der Waals surface area contributed by atoms with Crippen molar-refractivity contribution in [2.75, 3.05) is 18.9 Å². The second kappa shape index (κ2) is 6.91. The number of hydrogen-bond acceptors (Lipinski definition) is 3. The summed E-state index contributed by atoms with van der Waals surface area (Å²) in [5, 5.41) is 8.96. The number of amides is 1. The highest BCUT2D eigenvalue weighted by Crippen LogP contribution is 2.27. The van der Waals surface area contributed by atoms with Crippen LogP contribution < -0.4 is 0 Å². The van der Waals surface area contributed by atoms with Gasteiger partial charge in [-0.3, -0.25) is 4.79 Å². The average molecular weight is 283 g/mol. The molecule has 1 aromatic carbocycles. The number of thioether (sulfide) groups is 1. The molecule has 0 radical (unpaired) electrons. The number of hydrogen-bond donors (Lipinski definition) is 1. The highest BCUT2D eigenvalue weighted by Gasteiger charge is 2.31. The maximum Gasteiger partial charge on any atom is 0.223 e. The molecule has 0 aliphatic heterocycles. The molecule has 1 saturated carbocycles. The Morgan fingerprint density at radius 2 is 2.05 bits per heavy atom. The fraction of sp³-hybridized carbons (Fsp3) is 0.500. The predicted molar refractivity (Wildman–Crippen MR) is 73.6 cm³/mol. The van der Waals surface area contributed by atoms with Crippen LogP contribution in [0.15, 0.2) is 29.2 Å². The summed E-state index contributed by atoms with van der Waals surface area (Å²) < 4.78 is 12.7. The minimum Gasteiger partial charge on any atom is -0.395 e. The maximum absolute atomic E-state index is 12.7. The van der Waals surface area contributed by atoms with Crippen molar-refractivity contribution in [3.63, 3.8) is 0 Å². The van der Waals surface area contributed by atoms with Crippen molar-refractivity contribution in [1.29, 1.82) is 0 Å². The van der Waals surface area contributed by atoms with E-state index in [0.29, 0.717) is 24.8 Å². The van der Waals surface area contributed by atoms with E-state index in [1.807, 2.05) is 0 Å². The van der Waals surface area contributed by atoms with Crippen molar-refractivity contribution in [1.82, 2.24) is 4.90 Å². The molecule has 19 heavy (non-hydrogen) atoms. The van der Waals surface area contributed by atoms with E-state index in [0.717, 1.165) is 17.7 Å². The van der Waals surface area contributed by atoms with E-state index in [1.54, 1.807) is 28.8 Å². The van der Waals surface area contributed by atoms with E-state index < -0.39 is 0 Å². The van der Waals surface area contributed by atoms with Crippen LogP contribution in [0.1, 0.15) is 19.3 Å². The summed E-state index contributed by atoms with van der Waals surface area (Å²) in [6, 6.07) is 6.63. The van der Waals surface area contributed by atoms with E-state index in [9.17, 15) is 9.18 Å². The van der Waals surface area contributed by atoms with Crippen LogP contribution in [0.3, 0.4) is 0 Å². The van der Waals surface area contributed by atoms with Gasteiger partial charge in [0.25, 0.3) is 0 Å². The monoisotopic (exact) mass is 283 g/mol. The average Bonchev–Trinajstić information content (AvgIpc) is 3.22. The Balaban J connectivity index is 1.75. The van der Waals surface area contributed by atoms with Crippen molar-refractivity contribution in [3.8, 4) is 0 Å². The molecule has 0 saturated heterocycles. The number of benzene rings is 1. The second-order valence-electron chi connectivity index (χ2n) is 4.59. The summed E-state index contributed by atoms with van der Waals surface area (Å²) in [5.41, 5.74) is 0. The van der Waals surface area contributed by atoms with Gasteiger partial charge in [0, 0.05) is 29.7 Å². The first-order valence-electron chi connectivity index (χ1n) is 6.49. The van der Waals surface area contributed by atoms with Gasteiger partial charge >= 0.3 is 0 Å². The molecule has 5 heteroatoms. The number of nitrogens with zero attached hydrogens (tertiary/aromatic N) is 1. The standard InChI is InChI=1S/C14H18FNO2S/c15-11-1-5-13(6-2-11)19-10-7-14(18)16(8-9-17)12-3-4-12/h1-2,5-6,12,17H,3-4,7-10H2. The Labute approximate surface area is 116 Å². The number of carbonyl (C=O) groups is 1. The highest BCUT2D eigenvalue weighted by atomic mass is 32.2. The molecule has 1 amide bonds. The lowest BCUT2D eigenvalue weighted by Crippen LogP contribution is -2.35. The summed E-state index contributed by atoms with van der Waals surface area (Å²) in [4.78, 5) is 14.8. The van der Waals surface area contributed by atoms with Crippen molar-refractivity contribution < 1.29 is 14.3 Å². The van der Waals surface area contributed by atoms with Crippen LogP contribution >= 0.6 is 11.8 Å². The molecule has 1 aromatic rings. The molecule has 0 aromatic heterocycles. The topological polar surface area (TPSA) is 40.5 Å². The molecule has 0 spiro atoms. The second-order valence-corrected chi connectivity index (χ2v) is 5.76. The number of aliphatic hydroxyl groups is 1. The first-order valence-corrected chi connectivity index (χ1v) is 7.48. The van der Waals surface area contributed by atoms with Gasteiger partial charge in [-0.05, 0) is 37.1 Å². The summed E-state index contributed by atoms with van der Waals surface area (Å²) in [7, 11) is 0. The van der Waals surface area contributed by atoms with Crippen LogP contribution in [-0.2, 0) is 4.79 Å². The molecule has 104 valence electrons. The minimum absolute atomic E-state index is 0.0212. The molecule has 0 heterocycles. The van der Waals surface area contributed by atoms with Crippen molar-refractivity contribution in [3.05, 3.63) is 30.1 Å². The van der Waals surface area contributed by atoms with Gasteiger partial charge in [-0.1, -0.05) is 0 Å². The summed E-state index contributed by atoms with van der Waals surface area (Å²) in [6.45, 7) is 0.456. The van der Waals surface area contributed by atoms with Crippen LogP contribution in [0.5, 0.6) is 0 Å². The Hall–Kier alpha value is -1.07. The van der Waals surface area contributed by atoms with Gasteiger partial charge in [-0.15, -0.1) is 11.8 Å². The number of rotatable bonds is 7. The third-order valence-electron chi connectivity index (χ3n) is 3.05. The van der Waals surface area contributed by atoms with Crippen LogP contribution in [0, 0.1) is 5.82 Å². The number of carbonyl (C=O) groups excluding carboxylic acids is 1. The van der Waals surface area contributed by atoms with Gasteiger partial charge < -0.3 is 10.0 Å². The lowest BCUT2D eigenvalue weighted by Gasteiger charge is -2.21. The van der Waals surface area contributed by atoms with Crippen molar-refractivity contribution in [2.45, 2.75) is 30.2 Å². The van der Waals surface area contributed by atoms with E-state index in [4.69, 9.17) is 5.11 Å². The number of aliphatic hydroxyl groups excluding tert-OH is 1. The first-order chi connectivity index (χ1) is 9.20. The molecule has 1 aliphatic rings. The Morgan fingerprint density at radius 3 is 2.63 bits per heavy atom. The summed E-state index contributed by atoms with van der Waals surface area (Å²) >= 11 is 1.55. The van der Waals surface area contributed by atoms with Gasteiger partial charge in [-0.25, -0.2) is 4.39 Å². The van der Waals surface area contributed by atoms with Crippen LogP contribution in [0.2, 0.25) is 0 Å². The van der Waals surface area contributed by atoms with E-state index >= 15 is 0 Å². The SMILES string of the molecule is O=C(CCSc1ccc(F)cc1)N(CCO)C1CC1. The summed E-state index contributed by atoms with van der Waals surface area (Å²) in [5.74, 6) is 0.536. The maximum atomic E-state index is 12.7. The van der Waals surface area contributed by atoms with Gasteiger partial charge in [0.15, 0.2) is 0 Å². The molecule has 0 unspecified atom stereocenters. The van der Waals surface area contributed by atoms with Gasteiger partial charge in [-0.2, -0.15) is 0 Å². The molecule has 1 aliphatic carbocycles. The fourth-order valence-electron chi connectivity index (χ4n) is 1.94. The Bertz CT molecular complexity index is 420.